The van der Waals surface area contributed by atoms with Crippen LogP contribution in [0.25, 0.3) is 6.08 Å². The van der Waals surface area contributed by atoms with Crippen LogP contribution in [-0.2, 0) is 4.79 Å². The van der Waals surface area contributed by atoms with Crippen LogP contribution >= 0.6 is 59.6 Å². The number of anilines is 1. The Bertz CT molecular complexity index is 964. The van der Waals surface area contributed by atoms with E-state index in [9.17, 15) is 4.79 Å². The van der Waals surface area contributed by atoms with Gasteiger partial charge in [0.1, 0.15) is 12.4 Å². The van der Waals surface area contributed by atoms with Crippen LogP contribution in [0.4, 0.5) is 5.69 Å². The maximum absolute atomic E-state index is 12.9. The highest BCUT2D eigenvalue weighted by molar-refractivity contribution is 8.27. The molecule has 3 rings (SSSR count). The summed E-state index contributed by atoms with van der Waals surface area (Å²) in [6, 6.07) is 12.7. The first-order valence-corrected chi connectivity index (χ1v) is 11.6. The van der Waals surface area contributed by atoms with Gasteiger partial charge in [-0.2, -0.15) is 0 Å². The fourth-order valence-corrected chi connectivity index (χ4v) is 4.57. The topological polar surface area (TPSA) is 32.8 Å². The molecule has 31 heavy (non-hydrogen) atoms. The van der Waals surface area contributed by atoms with Crippen LogP contribution in [-0.4, -0.2) is 41.4 Å². The van der Waals surface area contributed by atoms with E-state index in [1.807, 2.05) is 30.3 Å². The molecule has 1 saturated heterocycles. The summed E-state index contributed by atoms with van der Waals surface area (Å²) >= 11 is 18.7. The number of amides is 1. The fourth-order valence-electron chi connectivity index (χ4n) is 2.97. The van der Waals surface area contributed by atoms with E-state index in [-0.39, 0.29) is 18.3 Å². The van der Waals surface area contributed by atoms with Gasteiger partial charge in [0.25, 0.3) is 5.91 Å². The van der Waals surface area contributed by atoms with Crippen molar-refractivity contribution in [3.8, 4) is 5.75 Å². The summed E-state index contributed by atoms with van der Waals surface area (Å²) in [6.45, 7) is 7.77. The predicted octanol–water partition coefficient (Wildman–Crippen LogP) is 6.54. The van der Waals surface area contributed by atoms with Crippen molar-refractivity contribution in [3.05, 3.63) is 63.0 Å². The molecule has 0 saturated carbocycles. The number of hydrogen-bond donors (Lipinski definition) is 0. The Kier molecular flexibility index (Phi) is 10.1. The minimum absolute atomic E-state index is 0. The van der Waals surface area contributed by atoms with Gasteiger partial charge >= 0.3 is 0 Å². The minimum Gasteiger partial charge on any atom is -0.492 e. The maximum atomic E-state index is 12.9. The summed E-state index contributed by atoms with van der Waals surface area (Å²) in [4.78, 5) is 17.3. The van der Waals surface area contributed by atoms with Crippen LogP contribution in [0.1, 0.15) is 19.4 Å². The van der Waals surface area contributed by atoms with Crippen molar-refractivity contribution < 1.29 is 9.53 Å². The molecule has 0 aromatic heterocycles. The molecule has 2 aromatic rings. The first-order valence-electron chi connectivity index (χ1n) is 9.61. The number of thioether (sulfide) groups is 1. The summed E-state index contributed by atoms with van der Waals surface area (Å²) < 4.78 is 6.30. The van der Waals surface area contributed by atoms with Crippen molar-refractivity contribution in [1.29, 1.82) is 0 Å². The molecule has 1 heterocycles. The number of benzene rings is 2. The Morgan fingerprint density at radius 2 is 1.77 bits per heavy atom. The van der Waals surface area contributed by atoms with Crippen molar-refractivity contribution in [1.82, 2.24) is 4.90 Å². The highest BCUT2D eigenvalue weighted by atomic mass is 35.5. The largest absolute Gasteiger partial charge is 0.492 e. The summed E-state index contributed by atoms with van der Waals surface area (Å²) in [6.07, 6.45) is 1.77. The average Bonchev–Trinajstić information content (AvgIpc) is 3.01. The third-order valence-electron chi connectivity index (χ3n) is 4.70. The molecular weight excluding hydrogens is 495 g/mol. The van der Waals surface area contributed by atoms with Gasteiger partial charge in [-0.05, 0) is 61.1 Å². The van der Waals surface area contributed by atoms with Crippen LogP contribution in [0.5, 0.6) is 5.75 Å². The number of likely N-dealkylation sites (N-methyl/N-ethyl adjacent to an activating group) is 1. The van der Waals surface area contributed by atoms with Gasteiger partial charge in [-0.1, -0.05) is 67.1 Å². The zero-order valence-electron chi connectivity index (χ0n) is 17.1. The van der Waals surface area contributed by atoms with Gasteiger partial charge in [-0.15, -0.1) is 12.4 Å². The fraction of sp³-hybridized carbons (Fsp3) is 0.273. The van der Waals surface area contributed by atoms with Crippen LogP contribution in [0.3, 0.4) is 0 Å². The average molecular weight is 518 g/mol. The van der Waals surface area contributed by atoms with Gasteiger partial charge in [-0.3, -0.25) is 9.69 Å². The molecule has 1 amide bonds. The molecule has 2 aromatic carbocycles. The molecule has 9 heteroatoms. The Hall–Kier alpha value is -1.28. The van der Waals surface area contributed by atoms with Gasteiger partial charge in [0.2, 0.25) is 0 Å². The third-order valence-corrected chi connectivity index (χ3v) is 6.74. The molecule has 0 spiro atoms. The summed E-state index contributed by atoms with van der Waals surface area (Å²) in [7, 11) is 0. The number of nitrogens with zero attached hydrogens (tertiary/aromatic N) is 2. The first-order chi connectivity index (χ1) is 14.4. The van der Waals surface area contributed by atoms with Crippen molar-refractivity contribution in [2.24, 2.45) is 0 Å². The molecule has 0 radical (unpaired) electrons. The van der Waals surface area contributed by atoms with Crippen LogP contribution < -0.4 is 9.64 Å². The Morgan fingerprint density at radius 1 is 1.10 bits per heavy atom. The van der Waals surface area contributed by atoms with Crippen LogP contribution in [0.15, 0.2) is 47.4 Å². The first kappa shape index (κ1) is 26.0. The molecule has 0 atom stereocenters. The SMILES string of the molecule is CCN(CC)CCOc1ccc(N2C(=O)/C(=C/c3ccc(Cl)c(Cl)c3)SC2=S)cc1.Cl. The zero-order valence-corrected chi connectivity index (χ0v) is 21.1. The number of thiocarbonyl (C=S) groups is 1. The second-order valence-electron chi connectivity index (χ2n) is 6.56. The van der Waals surface area contributed by atoms with E-state index >= 15 is 0 Å². The second-order valence-corrected chi connectivity index (χ2v) is 9.05. The summed E-state index contributed by atoms with van der Waals surface area (Å²) in [5, 5.41) is 0.915. The molecule has 1 aliphatic heterocycles. The van der Waals surface area contributed by atoms with E-state index in [2.05, 4.69) is 18.7 Å². The Morgan fingerprint density at radius 3 is 2.39 bits per heavy atom. The number of hydrogen-bond acceptors (Lipinski definition) is 5. The lowest BCUT2D eigenvalue weighted by molar-refractivity contribution is -0.113. The number of ether oxygens (including phenoxy) is 1. The van der Waals surface area contributed by atoms with E-state index in [4.69, 9.17) is 40.2 Å². The number of rotatable bonds is 8. The molecule has 1 fully saturated rings. The quantitative estimate of drug-likeness (QED) is 0.293. The summed E-state index contributed by atoms with van der Waals surface area (Å²) in [5.74, 6) is 0.606. The Labute approximate surface area is 208 Å². The highest BCUT2D eigenvalue weighted by Gasteiger charge is 2.33. The van der Waals surface area contributed by atoms with Gasteiger partial charge in [0.05, 0.1) is 20.6 Å². The molecule has 0 N–H and O–H groups in total. The Balaban J connectivity index is 0.00000341. The summed E-state index contributed by atoms with van der Waals surface area (Å²) in [5.41, 5.74) is 1.51. The minimum atomic E-state index is -0.161. The molecule has 0 bridgehead atoms. The molecule has 0 aliphatic carbocycles. The van der Waals surface area contributed by atoms with E-state index < -0.39 is 0 Å². The van der Waals surface area contributed by atoms with E-state index in [1.54, 1.807) is 18.2 Å². The molecule has 0 unspecified atom stereocenters. The van der Waals surface area contributed by atoms with Crippen molar-refractivity contribution >= 4 is 81.6 Å². The monoisotopic (exact) mass is 516 g/mol. The van der Waals surface area contributed by atoms with E-state index in [0.717, 1.165) is 30.9 Å². The smallest absolute Gasteiger partial charge is 0.270 e. The number of carbonyl (C=O) groups excluding carboxylic acids is 1. The number of halogens is 3. The van der Waals surface area contributed by atoms with E-state index in [0.29, 0.717) is 31.6 Å². The lowest BCUT2D eigenvalue weighted by Gasteiger charge is -2.18. The van der Waals surface area contributed by atoms with Gasteiger partial charge in [-0.25, -0.2) is 0 Å². The van der Waals surface area contributed by atoms with E-state index in [1.165, 1.54) is 16.7 Å². The van der Waals surface area contributed by atoms with Gasteiger partial charge in [0, 0.05) is 6.54 Å². The molecule has 1 aliphatic rings. The van der Waals surface area contributed by atoms with Gasteiger partial charge in [0.15, 0.2) is 4.32 Å². The zero-order chi connectivity index (χ0) is 21.7. The lowest BCUT2D eigenvalue weighted by Crippen LogP contribution is -2.28. The second kappa shape index (κ2) is 12.1. The van der Waals surface area contributed by atoms with Crippen molar-refractivity contribution in [2.45, 2.75) is 13.8 Å². The number of carbonyl (C=O) groups is 1. The van der Waals surface area contributed by atoms with Crippen molar-refractivity contribution in [3.63, 3.8) is 0 Å². The molecule has 4 nitrogen and oxygen atoms in total. The van der Waals surface area contributed by atoms with Crippen LogP contribution in [0.2, 0.25) is 10.0 Å². The highest BCUT2D eigenvalue weighted by Crippen LogP contribution is 2.37. The van der Waals surface area contributed by atoms with Crippen molar-refractivity contribution in [2.75, 3.05) is 31.1 Å². The lowest BCUT2D eigenvalue weighted by atomic mass is 10.2. The maximum Gasteiger partial charge on any atom is 0.270 e. The van der Waals surface area contributed by atoms with Crippen LogP contribution in [0, 0.1) is 0 Å². The molecular formula is C22H23Cl3N2O2S2. The standard InChI is InChI=1S/C22H22Cl2N2O2S2.ClH/c1-3-25(4-2)11-12-28-17-8-6-16(7-9-17)26-21(27)20(30-22(26)29)14-15-5-10-18(23)19(24)13-15;/h5-10,13-14H,3-4,11-12H2,1-2H3;1H/b20-14-;. The normalized spacial score (nSPS) is 15.0. The van der Waals surface area contributed by atoms with Gasteiger partial charge < -0.3 is 9.64 Å². The molecule has 166 valence electrons. The predicted molar refractivity (Wildman–Crippen MR) is 139 cm³/mol. The third kappa shape index (κ3) is 6.60.